The maximum atomic E-state index is 12.5. The first-order valence-corrected chi connectivity index (χ1v) is 5.94. The molecule has 2 rings (SSSR count). The van der Waals surface area contributed by atoms with E-state index < -0.39 is 29.1 Å². The summed E-state index contributed by atoms with van der Waals surface area (Å²) in [5.41, 5.74) is -1.16. The van der Waals surface area contributed by atoms with E-state index in [1.807, 2.05) is 0 Å². The number of ketones is 1. The Morgan fingerprint density at radius 1 is 1.35 bits per heavy atom. The fourth-order valence-electron chi connectivity index (χ4n) is 2.37. The molecule has 2 atom stereocenters. The molecule has 0 aliphatic carbocycles. The Hall–Kier alpha value is -1.73. The van der Waals surface area contributed by atoms with E-state index >= 15 is 0 Å². The Labute approximate surface area is 113 Å². The monoisotopic (exact) mass is 286 g/mol. The number of carbonyl (C=O) groups excluding carboxylic acids is 2. The molecule has 108 valence electrons. The van der Waals surface area contributed by atoms with Crippen LogP contribution in [0.2, 0.25) is 0 Å². The minimum atomic E-state index is -4.40. The Balaban J connectivity index is 2.34. The molecule has 1 aliphatic rings. The average Bonchev–Trinajstić information content (AvgIpc) is 2.80. The standard InChI is InChI=1S/C13H13F3N2O2/c1-12(11(10(20)6-19)17-7-18-12)8-2-4-9(5-3-8)13(14,15)16/h2-6,11,17-18H,7H2,1H3. The van der Waals surface area contributed by atoms with Crippen molar-refractivity contribution >= 4 is 12.1 Å². The molecule has 7 heteroatoms. The van der Waals surface area contributed by atoms with Crippen molar-refractivity contribution in [1.29, 1.82) is 0 Å². The van der Waals surface area contributed by atoms with Crippen molar-refractivity contribution in [2.45, 2.75) is 24.7 Å². The minimum absolute atomic E-state index is 0.215. The van der Waals surface area contributed by atoms with Crippen molar-refractivity contribution in [3.05, 3.63) is 35.4 Å². The molecule has 20 heavy (non-hydrogen) atoms. The number of carbonyl (C=O) groups is 2. The van der Waals surface area contributed by atoms with E-state index in [0.29, 0.717) is 12.2 Å². The van der Waals surface area contributed by atoms with Gasteiger partial charge in [-0.3, -0.25) is 20.2 Å². The van der Waals surface area contributed by atoms with Gasteiger partial charge >= 0.3 is 6.18 Å². The fraction of sp³-hybridized carbons (Fsp3) is 0.385. The van der Waals surface area contributed by atoms with Crippen LogP contribution in [0.1, 0.15) is 18.1 Å². The van der Waals surface area contributed by atoms with Gasteiger partial charge in [0.15, 0.2) is 6.29 Å². The lowest BCUT2D eigenvalue weighted by Gasteiger charge is -2.30. The van der Waals surface area contributed by atoms with Crippen LogP contribution in [-0.2, 0) is 21.3 Å². The number of halogens is 3. The molecule has 2 N–H and O–H groups in total. The molecule has 0 aromatic heterocycles. The summed E-state index contributed by atoms with van der Waals surface area (Å²) < 4.78 is 37.6. The molecular formula is C13H13F3N2O2. The number of nitrogens with one attached hydrogen (secondary N) is 2. The second kappa shape index (κ2) is 4.99. The Morgan fingerprint density at radius 2 is 1.95 bits per heavy atom. The molecule has 1 aliphatic heterocycles. The van der Waals surface area contributed by atoms with Crippen LogP contribution in [-0.4, -0.2) is 24.8 Å². The molecule has 0 saturated carbocycles. The Morgan fingerprint density at radius 3 is 2.45 bits per heavy atom. The summed E-state index contributed by atoms with van der Waals surface area (Å²) in [6, 6.07) is 3.75. The van der Waals surface area contributed by atoms with E-state index in [-0.39, 0.29) is 6.29 Å². The highest BCUT2D eigenvalue weighted by atomic mass is 19.4. The van der Waals surface area contributed by atoms with Gasteiger partial charge in [0.1, 0.15) is 0 Å². The topological polar surface area (TPSA) is 58.2 Å². The summed E-state index contributed by atoms with van der Waals surface area (Å²) in [4.78, 5) is 22.2. The second-order valence-electron chi connectivity index (χ2n) is 4.79. The average molecular weight is 286 g/mol. The van der Waals surface area contributed by atoms with Gasteiger partial charge in [-0.25, -0.2) is 0 Å². The van der Waals surface area contributed by atoms with Crippen molar-refractivity contribution in [1.82, 2.24) is 10.6 Å². The number of hydrogen-bond donors (Lipinski definition) is 2. The zero-order valence-electron chi connectivity index (χ0n) is 10.6. The smallest absolute Gasteiger partial charge is 0.295 e. The van der Waals surface area contributed by atoms with Crippen LogP contribution in [0.15, 0.2) is 24.3 Å². The number of rotatable bonds is 3. The van der Waals surface area contributed by atoms with Crippen LogP contribution >= 0.6 is 0 Å². The van der Waals surface area contributed by atoms with Crippen molar-refractivity contribution in [2.75, 3.05) is 6.67 Å². The van der Waals surface area contributed by atoms with Gasteiger partial charge in [0, 0.05) is 6.67 Å². The molecule has 1 heterocycles. The zero-order chi connectivity index (χ0) is 15.0. The molecule has 0 bridgehead atoms. The first kappa shape index (κ1) is 14.7. The van der Waals surface area contributed by atoms with Gasteiger partial charge in [-0.05, 0) is 24.6 Å². The zero-order valence-corrected chi connectivity index (χ0v) is 10.6. The lowest BCUT2D eigenvalue weighted by atomic mass is 9.83. The predicted molar refractivity (Wildman–Crippen MR) is 64.8 cm³/mol. The van der Waals surface area contributed by atoms with Gasteiger partial charge in [-0.2, -0.15) is 13.2 Å². The van der Waals surface area contributed by atoms with Crippen molar-refractivity contribution < 1.29 is 22.8 Å². The molecule has 2 unspecified atom stereocenters. The van der Waals surface area contributed by atoms with E-state index in [1.54, 1.807) is 6.92 Å². The lowest BCUT2D eigenvalue weighted by Crippen LogP contribution is -2.48. The Bertz CT molecular complexity index is 527. The molecule has 1 saturated heterocycles. The van der Waals surface area contributed by atoms with Crippen LogP contribution in [0.3, 0.4) is 0 Å². The number of benzene rings is 1. The van der Waals surface area contributed by atoms with E-state index in [0.717, 1.165) is 12.1 Å². The first-order valence-electron chi connectivity index (χ1n) is 5.94. The van der Waals surface area contributed by atoms with Gasteiger partial charge in [0.05, 0.1) is 17.1 Å². The number of Topliss-reactive ketones (excluding diaryl/α,β-unsaturated/α-hetero) is 1. The summed E-state index contributed by atoms with van der Waals surface area (Å²) in [5, 5.41) is 5.83. The van der Waals surface area contributed by atoms with Crippen LogP contribution < -0.4 is 10.6 Å². The minimum Gasteiger partial charge on any atom is -0.295 e. The maximum absolute atomic E-state index is 12.5. The predicted octanol–water partition coefficient (Wildman–Crippen LogP) is 1.21. The number of alkyl halides is 3. The molecule has 0 amide bonds. The van der Waals surface area contributed by atoms with Crippen LogP contribution in [0.5, 0.6) is 0 Å². The summed E-state index contributed by atoms with van der Waals surface area (Å²) in [7, 11) is 0. The van der Waals surface area contributed by atoms with Gasteiger partial charge < -0.3 is 0 Å². The largest absolute Gasteiger partial charge is 0.416 e. The fourth-order valence-corrected chi connectivity index (χ4v) is 2.37. The van der Waals surface area contributed by atoms with Crippen molar-refractivity contribution in [3.8, 4) is 0 Å². The Kier molecular flexibility index (Phi) is 3.66. The van der Waals surface area contributed by atoms with Gasteiger partial charge in [-0.15, -0.1) is 0 Å². The molecule has 1 aromatic rings. The third-order valence-corrected chi connectivity index (χ3v) is 3.55. The second-order valence-corrected chi connectivity index (χ2v) is 4.79. The van der Waals surface area contributed by atoms with Crippen LogP contribution in [0.25, 0.3) is 0 Å². The third-order valence-electron chi connectivity index (χ3n) is 3.55. The van der Waals surface area contributed by atoms with Crippen molar-refractivity contribution in [2.24, 2.45) is 0 Å². The normalized spacial score (nSPS) is 26.5. The summed E-state index contributed by atoms with van der Waals surface area (Å²) in [5.74, 6) is -0.641. The molecule has 1 aromatic carbocycles. The van der Waals surface area contributed by atoms with Gasteiger partial charge in [0.25, 0.3) is 0 Å². The lowest BCUT2D eigenvalue weighted by molar-refractivity contribution is -0.137. The highest BCUT2D eigenvalue weighted by Gasteiger charge is 2.44. The SMILES string of the molecule is CC1(c2ccc(C(F)(F)F)cc2)NCNC1C(=O)C=O. The molecule has 4 nitrogen and oxygen atoms in total. The third kappa shape index (κ3) is 2.46. The van der Waals surface area contributed by atoms with Gasteiger partial charge in [0.2, 0.25) is 5.78 Å². The molecule has 1 fully saturated rings. The van der Waals surface area contributed by atoms with Crippen LogP contribution in [0, 0.1) is 0 Å². The van der Waals surface area contributed by atoms with E-state index in [1.165, 1.54) is 12.1 Å². The maximum Gasteiger partial charge on any atom is 0.416 e. The highest BCUT2D eigenvalue weighted by Crippen LogP contribution is 2.33. The number of hydrogen-bond acceptors (Lipinski definition) is 4. The highest BCUT2D eigenvalue weighted by molar-refractivity contribution is 6.28. The van der Waals surface area contributed by atoms with E-state index in [2.05, 4.69) is 10.6 Å². The molecular weight excluding hydrogens is 273 g/mol. The quantitative estimate of drug-likeness (QED) is 0.648. The van der Waals surface area contributed by atoms with Crippen LogP contribution in [0.4, 0.5) is 13.2 Å². The van der Waals surface area contributed by atoms with E-state index in [4.69, 9.17) is 0 Å². The van der Waals surface area contributed by atoms with Crippen molar-refractivity contribution in [3.63, 3.8) is 0 Å². The summed E-state index contributed by atoms with van der Waals surface area (Å²) >= 11 is 0. The molecule has 0 spiro atoms. The molecule has 0 radical (unpaired) electrons. The summed E-state index contributed by atoms with van der Waals surface area (Å²) in [6.07, 6.45) is -4.19. The van der Waals surface area contributed by atoms with E-state index in [9.17, 15) is 22.8 Å². The number of aldehydes is 1. The first-order chi connectivity index (χ1) is 9.29. The van der Waals surface area contributed by atoms with Gasteiger partial charge in [-0.1, -0.05) is 12.1 Å². The summed E-state index contributed by atoms with van der Waals surface area (Å²) in [6.45, 7) is 1.96.